The van der Waals surface area contributed by atoms with Crippen LogP contribution in [0.25, 0.3) is 0 Å². The van der Waals surface area contributed by atoms with E-state index in [-0.39, 0.29) is 0 Å². The van der Waals surface area contributed by atoms with Crippen LogP contribution in [-0.4, -0.2) is 40.9 Å². The van der Waals surface area contributed by atoms with Crippen molar-refractivity contribution in [1.82, 2.24) is 14.7 Å². The van der Waals surface area contributed by atoms with Gasteiger partial charge in [-0.15, -0.1) is 5.10 Å². The summed E-state index contributed by atoms with van der Waals surface area (Å²) in [5, 5.41) is 8.99. The third-order valence-electron chi connectivity index (χ3n) is 5.28. The van der Waals surface area contributed by atoms with Crippen molar-refractivity contribution in [1.29, 1.82) is 0 Å². The van der Waals surface area contributed by atoms with Crippen LogP contribution in [-0.2, 0) is 6.67 Å². The number of benzene rings is 2. The van der Waals surface area contributed by atoms with E-state index in [0.717, 1.165) is 47.6 Å². The van der Waals surface area contributed by atoms with E-state index in [4.69, 9.17) is 17.3 Å². The van der Waals surface area contributed by atoms with E-state index in [9.17, 15) is 0 Å². The molecule has 1 saturated heterocycles. The molecule has 28 heavy (non-hydrogen) atoms. The molecule has 1 aliphatic heterocycles. The zero-order chi connectivity index (χ0) is 19.5. The average Bonchev–Trinajstić information content (AvgIpc) is 3.05. The number of nitrogens with one attached hydrogen (secondary N) is 1. The molecule has 4 rings (SSSR count). The van der Waals surface area contributed by atoms with E-state index in [0.29, 0.717) is 0 Å². The van der Waals surface area contributed by atoms with Gasteiger partial charge in [-0.2, -0.15) is 0 Å². The summed E-state index contributed by atoms with van der Waals surface area (Å²) in [6.45, 7) is 9.05. The Morgan fingerprint density at radius 1 is 1.00 bits per heavy atom. The van der Waals surface area contributed by atoms with Gasteiger partial charge in [0.25, 0.3) is 0 Å². The van der Waals surface area contributed by atoms with Gasteiger partial charge in [-0.1, -0.05) is 41.7 Å². The summed E-state index contributed by atoms with van der Waals surface area (Å²) in [7, 11) is 0. The first-order chi connectivity index (χ1) is 13.6. The summed E-state index contributed by atoms with van der Waals surface area (Å²) in [5.74, 6) is 0. The summed E-state index contributed by atoms with van der Waals surface area (Å²) in [5.41, 5.74) is 4.90. The molecule has 3 aromatic rings. The van der Waals surface area contributed by atoms with Gasteiger partial charge in [0.2, 0.25) is 5.13 Å². The molecule has 1 fully saturated rings. The minimum Gasteiger partial charge on any atom is -0.369 e. The third kappa shape index (κ3) is 4.27. The molecule has 0 atom stereocenters. The lowest BCUT2D eigenvalue weighted by atomic mass is 10.1. The quantitative estimate of drug-likeness (QED) is 0.610. The number of nitrogens with zero attached hydrogens (tertiary/aromatic N) is 4. The zero-order valence-electron chi connectivity index (χ0n) is 16.3. The summed E-state index contributed by atoms with van der Waals surface area (Å²) >= 11 is 7.09. The summed E-state index contributed by atoms with van der Waals surface area (Å²) in [6.07, 6.45) is 0. The lowest BCUT2D eigenvalue weighted by Crippen LogP contribution is -2.46. The first kappa shape index (κ1) is 19.1. The van der Waals surface area contributed by atoms with Crippen molar-refractivity contribution in [2.45, 2.75) is 20.5 Å². The van der Waals surface area contributed by atoms with Gasteiger partial charge < -0.3 is 10.2 Å². The molecule has 0 bridgehead atoms. The molecule has 0 aliphatic carbocycles. The first-order valence-electron chi connectivity index (χ1n) is 9.54. The minimum atomic E-state index is 0.743. The van der Waals surface area contributed by atoms with Gasteiger partial charge in [0, 0.05) is 37.6 Å². The summed E-state index contributed by atoms with van der Waals surface area (Å²) < 4.78 is 2.74. The number of piperazine rings is 1. The Morgan fingerprint density at radius 2 is 1.75 bits per heavy atom. The predicted molar refractivity (Wildman–Crippen MR) is 120 cm³/mol. The standard InChI is InChI=1S/C21H25N5S2/c1-16-7-6-10-19(17(16)2)22-20-23-26(21(27)28-20)15-24-11-13-25(14-12-24)18-8-4-3-5-9-18/h3-10H,11-15H2,1-2H3,(H,22,23). The van der Waals surface area contributed by atoms with Crippen molar-refractivity contribution in [2.24, 2.45) is 0 Å². The van der Waals surface area contributed by atoms with Crippen molar-refractivity contribution in [3.05, 3.63) is 63.6 Å². The normalized spacial score (nSPS) is 15.0. The largest absolute Gasteiger partial charge is 0.369 e. The highest BCUT2D eigenvalue weighted by Gasteiger charge is 2.18. The number of hydrogen-bond acceptors (Lipinski definition) is 6. The highest BCUT2D eigenvalue weighted by molar-refractivity contribution is 7.73. The van der Waals surface area contributed by atoms with Crippen LogP contribution >= 0.6 is 23.6 Å². The van der Waals surface area contributed by atoms with Gasteiger partial charge in [0.15, 0.2) is 3.95 Å². The molecule has 0 saturated carbocycles. The zero-order valence-corrected chi connectivity index (χ0v) is 17.9. The van der Waals surface area contributed by atoms with E-state index < -0.39 is 0 Å². The van der Waals surface area contributed by atoms with Gasteiger partial charge in [-0.3, -0.25) is 4.90 Å². The van der Waals surface area contributed by atoms with Gasteiger partial charge in [0.05, 0.1) is 6.67 Å². The number of para-hydroxylation sites is 1. The first-order valence-corrected chi connectivity index (χ1v) is 10.8. The molecule has 1 N–H and O–H groups in total. The fourth-order valence-electron chi connectivity index (χ4n) is 3.42. The molecule has 0 spiro atoms. The van der Waals surface area contributed by atoms with Crippen molar-refractivity contribution in [2.75, 3.05) is 36.4 Å². The third-order valence-corrected chi connectivity index (χ3v) is 6.50. The maximum absolute atomic E-state index is 5.56. The van der Waals surface area contributed by atoms with Gasteiger partial charge in [-0.25, -0.2) is 4.68 Å². The van der Waals surface area contributed by atoms with Crippen LogP contribution in [0.2, 0.25) is 0 Å². The monoisotopic (exact) mass is 411 g/mol. The predicted octanol–water partition coefficient (Wildman–Crippen LogP) is 4.81. The van der Waals surface area contributed by atoms with Gasteiger partial charge in [-0.05, 0) is 55.4 Å². The Labute approximate surface area is 175 Å². The molecule has 0 unspecified atom stereocenters. The average molecular weight is 412 g/mol. The Hall–Kier alpha value is -2.22. The van der Waals surface area contributed by atoms with E-state index >= 15 is 0 Å². The molecule has 2 heterocycles. The molecule has 2 aromatic carbocycles. The Balaban J connectivity index is 1.38. The number of hydrogen-bond donors (Lipinski definition) is 1. The van der Waals surface area contributed by atoms with E-state index in [2.05, 4.69) is 77.5 Å². The molecule has 146 valence electrons. The topological polar surface area (TPSA) is 36.3 Å². The van der Waals surface area contributed by atoms with Crippen LogP contribution in [0.3, 0.4) is 0 Å². The number of rotatable bonds is 5. The Morgan fingerprint density at radius 3 is 2.50 bits per heavy atom. The maximum atomic E-state index is 5.56. The summed E-state index contributed by atoms with van der Waals surface area (Å²) in [6, 6.07) is 16.9. The van der Waals surface area contributed by atoms with E-state index in [1.165, 1.54) is 28.2 Å². The summed E-state index contributed by atoms with van der Waals surface area (Å²) in [4.78, 5) is 4.85. The Kier molecular flexibility index (Phi) is 5.75. The minimum absolute atomic E-state index is 0.743. The van der Waals surface area contributed by atoms with Crippen molar-refractivity contribution in [3.63, 3.8) is 0 Å². The van der Waals surface area contributed by atoms with Crippen LogP contribution in [0.4, 0.5) is 16.5 Å². The van der Waals surface area contributed by atoms with Crippen molar-refractivity contribution >= 4 is 40.1 Å². The molecule has 0 radical (unpaired) electrons. The second-order valence-corrected chi connectivity index (χ2v) is 8.75. The van der Waals surface area contributed by atoms with Gasteiger partial charge in [0.1, 0.15) is 0 Å². The molecular weight excluding hydrogens is 386 g/mol. The second kappa shape index (κ2) is 8.43. The van der Waals surface area contributed by atoms with E-state index in [1.807, 2.05) is 4.68 Å². The number of anilines is 3. The van der Waals surface area contributed by atoms with Gasteiger partial charge >= 0.3 is 0 Å². The molecule has 5 nitrogen and oxygen atoms in total. The van der Waals surface area contributed by atoms with Crippen LogP contribution in [0.1, 0.15) is 11.1 Å². The Bertz CT molecular complexity index is 988. The fraction of sp³-hybridized carbons (Fsp3) is 0.333. The molecule has 0 amide bonds. The lowest BCUT2D eigenvalue weighted by molar-refractivity contribution is 0.195. The van der Waals surface area contributed by atoms with Crippen molar-refractivity contribution in [3.8, 4) is 0 Å². The SMILES string of the molecule is Cc1cccc(Nc2nn(CN3CCN(c4ccccc4)CC3)c(=S)s2)c1C. The maximum Gasteiger partial charge on any atom is 0.209 e. The number of aromatic nitrogens is 2. The molecular formula is C21H25N5S2. The van der Waals surface area contributed by atoms with Crippen molar-refractivity contribution < 1.29 is 0 Å². The second-order valence-electron chi connectivity index (χ2n) is 7.13. The fourth-order valence-corrected chi connectivity index (χ4v) is 4.43. The lowest BCUT2D eigenvalue weighted by Gasteiger charge is -2.35. The molecule has 7 heteroatoms. The highest BCUT2D eigenvalue weighted by atomic mass is 32.1. The van der Waals surface area contributed by atoms with Crippen LogP contribution < -0.4 is 10.2 Å². The highest BCUT2D eigenvalue weighted by Crippen LogP contribution is 2.25. The smallest absolute Gasteiger partial charge is 0.209 e. The van der Waals surface area contributed by atoms with Crippen LogP contribution in [0.5, 0.6) is 0 Å². The van der Waals surface area contributed by atoms with E-state index in [1.54, 1.807) is 0 Å². The number of aryl methyl sites for hydroxylation is 1. The van der Waals surface area contributed by atoms with Crippen LogP contribution in [0.15, 0.2) is 48.5 Å². The molecule has 1 aliphatic rings. The van der Waals surface area contributed by atoms with Crippen LogP contribution in [0, 0.1) is 17.8 Å². The molecule has 1 aromatic heterocycles.